The molecule has 5 heteroatoms. The number of nitrogens with zero attached hydrogens (tertiary/aromatic N) is 1. The summed E-state index contributed by atoms with van der Waals surface area (Å²) in [6.45, 7) is 3.16. The molecular formula is C17H27ClN2O2. The molecule has 0 saturated heterocycles. The Kier molecular flexibility index (Phi) is 7.69. The number of ether oxygens (including phenoxy) is 1. The van der Waals surface area contributed by atoms with Crippen LogP contribution in [0.15, 0.2) is 24.3 Å². The van der Waals surface area contributed by atoms with E-state index in [2.05, 4.69) is 0 Å². The average Bonchev–Trinajstić information content (AvgIpc) is 2.46. The van der Waals surface area contributed by atoms with Gasteiger partial charge in [-0.2, -0.15) is 0 Å². The molecule has 1 aromatic rings. The second-order valence-electron chi connectivity index (χ2n) is 6.05. The largest absolute Gasteiger partial charge is 0.492 e. The molecule has 0 radical (unpaired) electrons. The molecule has 4 nitrogen and oxygen atoms in total. The fourth-order valence-corrected chi connectivity index (χ4v) is 2.88. The van der Waals surface area contributed by atoms with Crippen LogP contribution in [0.25, 0.3) is 0 Å². The third-order valence-electron chi connectivity index (χ3n) is 4.13. The first-order chi connectivity index (χ1) is 10.1. The van der Waals surface area contributed by atoms with Crippen molar-refractivity contribution < 1.29 is 9.53 Å². The van der Waals surface area contributed by atoms with Crippen LogP contribution in [-0.2, 0) is 4.79 Å². The van der Waals surface area contributed by atoms with Gasteiger partial charge < -0.3 is 15.4 Å². The van der Waals surface area contributed by atoms with Crippen LogP contribution in [0.4, 0.5) is 0 Å². The van der Waals surface area contributed by atoms with Crippen molar-refractivity contribution in [1.29, 1.82) is 0 Å². The van der Waals surface area contributed by atoms with Crippen molar-refractivity contribution >= 4 is 18.3 Å². The normalized spacial score (nSPS) is 20.9. The lowest BCUT2D eigenvalue weighted by Gasteiger charge is -2.29. The Labute approximate surface area is 139 Å². The van der Waals surface area contributed by atoms with Gasteiger partial charge >= 0.3 is 0 Å². The maximum absolute atomic E-state index is 12.4. The molecule has 1 aliphatic carbocycles. The van der Waals surface area contributed by atoms with E-state index in [1.54, 1.807) is 4.90 Å². The molecule has 1 saturated carbocycles. The molecule has 1 amide bonds. The molecule has 2 rings (SSSR count). The standard InChI is InChI=1S/C17H26N2O2.ClH/c1-13-5-3-8-16(11-13)21-10-9-19(2)17(20)14-6-4-7-15(18)12-14;/h3,5,8,11,14-15H,4,6-7,9-10,12,18H2,1-2H3;1H. The van der Waals surface area contributed by atoms with Crippen molar-refractivity contribution in [2.24, 2.45) is 11.7 Å². The van der Waals surface area contributed by atoms with Gasteiger partial charge in [0, 0.05) is 19.0 Å². The first kappa shape index (κ1) is 18.8. The zero-order chi connectivity index (χ0) is 15.2. The monoisotopic (exact) mass is 326 g/mol. The van der Waals surface area contributed by atoms with E-state index in [4.69, 9.17) is 10.5 Å². The van der Waals surface area contributed by atoms with E-state index in [1.807, 2.05) is 38.2 Å². The maximum atomic E-state index is 12.4. The summed E-state index contributed by atoms with van der Waals surface area (Å²) >= 11 is 0. The number of rotatable bonds is 5. The molecule has 1 aromatic carbocycles. The van der Waals surface area contributed by atoms with Gasteiger partial charge in [0.05, 0.1) is 6.54 Å². The van der Waals surface area contributed by atoms with Crippen LogP contribution in [0.5, 0.6) is 5.75 Å². The smallest absolute Gasteiger partial charge is 0.225 e. The lowest BCUT2D eigenvalue weighted by Crippen LogP contribution is -2.40. The molecule has 0 spiro atoms. The number of carbonyl (C=O) groups excluding carboxylic acids is 1. The zero-order valence-electron chi connectivity index (χ0n) is 13.5. The van der Waals surface area contributed by atoms with Crippen molar-refractivity contribution in [3.8, 4) is 5.75 Å². The van der Waals surface area contributed by atoms with E-state index < -0.39 is 0 Å². The van der Waals surface area contributed by atoms with Gasteiger partial charge in [-0.05, 0) is 43.9 Å². The first-order valence-electron chi connectivity index (χ1n) is 7.76. The van der Waals surface area contributed by atoms with Gasteiger partial charge in [0.2, 0.25) is 5.91 Å². The highest BCUT2D eigenvalue weighted by atomic mass is 35.5. The predicted octanol–water partition coefficient (Wildman–Crippen LogP) is 2.77. The zero-order valence-corrected chi connectivity index (χ0v) is 14.3. The van der Waals surface area contributed by atoms with Gasteiger partial charge in [0.25, 0.3) is 0 Å². The Morgan fingerprint density at radius 2 is 2.18 bits per heavy atom. The number of halogens is 1. The molecule has 2 N–H and O–H groups in total. The number of hydrogen-bond donors (Lipinski definition) is 1. The number of likely N-dealkylation sites (N-methyl/N-ethyl adjacent to an activating group) is 1. The second kappa shape index (κ2) is 9.01. The number of benzene rings is 1. The average molecular weight is 327 g/mol. The number of amides is 1. The van der Waals surface area contributed by atoms with E-state index in [0.29, 0.717) is 13.2 Å². The SMILES string of the molecule is Cc1cccc(OCCN(C)C(=O)C2CCCC(N)C2)c1.Cl. The molecular weight excluding hydrogens is 300 g/mol. The molecule has 0 aliphatic heterocycles. The lowest BCUT2D eigenvalue weighted by molar-refractivity contribution is -0.135. The number of aryl methyl sites for hydroxylation is 1. The van der Waals surface area contributed by atoms with Crippen LogP contribution < -0.4 is 10.5 Å². The van der Waals surface area contributed by atoms with Crippen LogP contribution in [0, 0.1) is 12.8 Å². The maximum Gasteiger partial charge on any atom is 0.225 e. The van der Waals surface area contributed by atoms with Crippen LogP contribution in [0.1, 0.15) is 31.2 Å². The third-order valence-corrected chi connectivity index (χ3v) is 4.13. The fourth-order valence-electron chi connectivity index (χ4n) is 2.88. The first-order valence-corrected chi connectivity index (χ1v) is 7.76. The molecule has 1 fully saturated rings. The summed E-state index contributed by atoms with van der Waals surface area (Å²) in [5.41, 5.74) is 7.13. The number of hydrogen-bond acceptors (Lipinski definition) is 3. The van der Waals surface area contributed by atoms with E-state index in [-0.39, 0.29) is 30.3 Å². The highest BCUT2D eigenvalue weighted by Gasteiger charge is 2.27. The highest BCUT2D eigenvalue weighted by Crippen LogP contribution is 2.24. The molecule has 2 unspecified atom stereocenters. The molecule has 2 atom stereocenters. The number of carbonyl (C=O) groups is 1. The van der Waals surface area contributed by atoms with Gasteiger partial charge in [0.15, 0.2) is 0 Å². The van der Waals surface area contributed by atoms with E-state index >= 15 is 0 Å². The topological polar surface area (TPSA) is 55.6 Å². The van der Waals surface area contributed by atoms with Gasteiger partial charge in [-0.25, -0.2) is 0 Å². The summed E-state index contributed by atoms with van der Waals surface area (Å²) in [6, 6.07) is 8.14. The Balaban J connectivity index is 0.00000242. The van der Waals surface area contributed by atoms with Gasteiger partial charge in [-0.15, -0.1) is 12.4 Å². The molecule has 22 heavy (non-hydrogen) atoms. The summed E-state index contributed by atoms with van der Waals surface area (Å²) in [7, 11) is 1.85. The second-order valence-corrected chi connectivity index (χ2v) is 6.05. The van der Waals surface area contributed by atoms with E-state index in [0.717, 1.165) is 31.4 Å². The Morgan fingerprint density at radius 1 is 1.41 bits per heavy atom. The van der Waals surface area contributed by atoms with E-state index in [1.165, 1.54) is 5.56 Å². The molecule has 0 aromatic heterocycles. The van der Waals surface area contributed by atoms with Gasteiger partial charge in [0.1, 0.15) is 12.4 Å². The summed E-state index contributed by atoms with van der Waals surface area (Å²) in [4.78, 5) is 14.1. The number of nitrogens with two attached hydrogens (primary N) is 1. The van der Waals surface area contributed by atoms with Crippen molar-refractivity contribution in [2.45, 2.75) is 38.6 Å². The summed E-state index contributed by atoms with van der Waals surface area (Å²) in [6.07, 6.45) is 3.90. The Morgan fingerprint density at radius 3 is 2.86 bits per heavy atom. The van der Waals surface area contributed by atoms with Crippen LogP contribution in [0.2, 0.25) is 0 Å². The highest BCUT2D eigenvalue weighted by molar-refractivity contribution is 5.85. The van der Waals surface area contributed by atoms with Crippen LogP contribution in [-0.4, -0.2) is 37.0 Å². The molecule has 1 aliphatic rings. The van der Waals surface area contributed by atoms with Crippen molar-refractivity contribution in [1.82, 2.24) is 4.90 Å². The summed E-state index contributed by atoms with van der Waals surface area (Å²) < 4.78 is 5.70. The van der Waals surface area contributed by atoms with Crippen LogP contribution in [0.3, 0.4) is 0 Å². The van der Waals surface area contributed by atoms with Gasteiger partial charge in [-0.3, -0.25) is 4.79 Å². The molecule has 0 heterocycles. The van der Waals surface area contributed by atoms with E-state index in [9.17, 15) is 4.79 Å². The minimum atomic E-state index is 0. The summed E-state index contributed by atoms with van der Waals surface area (Å²) in [5.74, 6) is 1.16. The molecule has 124 valence electrons. The van der Waals surface area contributed by atoms with Crippen molar-refractivity contribution in [3.63, 3.8) is 0 Å². The Hall–Kier alpha value is -1.26. The third kappa shape index (κ3) is 5.50. The minimum Gasteiger partial charge on any atom is -0.492 e. The fraction of sp³-hybridized carbons (Fsp3) is 0.588. The van der Waals surface area contributed by atoms with Gasteiger partial charge in [-0.1, -0.05) is 18.6 Å². The molecule has 0 bridgehead atoms. The Bertz CT molecular complexity index is 481. The minimum absolute atomic E-state index is 0. The van der Waals surface area contributed by atoms with Crippen molar-refractivity contribution in [3.05, 3.63) is 29.8 Å². The lowest BCUT2D eigenvalue weighted by atomic mass is 9.85. The quantitative estimate of drug-likeness (QED) is 0.905. The summed E-state index contributed by atoms with van der Waals surface area (Å²) in [5, 5.41) is 0. The van der Waals surface area contributed by atoms with Crippen LogP contribution >= 0.6 is 12.4 Å². The predicted molar refractivity (Wildman–Crippen MR) is 91.5 cm³/mol. The van der Waals surface area contributed by atoms with Crippen molar-refractivity contribution in [2.75, 3.05) is 20.2 Å².